The van der Waals surface area contributed by atoms with Gasteiger partial charge in [-0.05, 0) is 37.9 Å². The first kappa shape index (κ1) is 15.5. The maximum atomic E-state index is 13.8. The van der Waals surface area contributed by atoms with Crippen LogP contribution in [0.25, 0.3) is 0 Å². The van der Waals surface area contributed by atoms with Crippen molar-refractivity contribution >= 4 is 33.2 Å². The molecular weight excluding hydrogens is 338 g/mol. The van der Waals surface area contributed by atoms with Crippen LogP contribution >= 0.6 is 23.2 Å². The molecule has 1 N–H and O–H groups in total. The molecule has 0 bridgehead atoms. The molecule has 2 fully saturated rings. The average molecular weight is 353 g/mol. The zero-order valence-corrected chi connectivity index (χ0v) is 13.6. The van der Waals surface area contributed by atoms with Gasteiger partial charge in [0.05, 0.1) is 10.0 Å². The minimum absolute atomic E-state index is 0.0974. The standard InChI is InChI=1S/C13H15Cl2FN2O2S/c1-7-4-8-5-17-6-10(8)18(7)21(19,20)11-3-2-9(14)13(16)12(11)15/h2-3,7-8,10,17H,4-6H2,1H3. The van der Waals surface area contributed by atoms with E-state index in [2.05, 4.69) is 5.32 Å². The van der Waals surface area contributed by atoms with Gasteiger partial charge in [-0.15, -0.1) is 0 Å². The molecule has 0 radical (unpaired) electrons. The van der Waals surface area contributed by atoms with E-state index in [0.717, 1.165) is 13.0 Å². The first-order chi connectivity index (χ1) is 9.84. The van der Waals surface area contributed by atoms with Crippen LogP contribution in [0.3, 0.4) is 0 Å². The van der Waals surface area contributed by atoms with Crippen LogP contribution in [0.4, 0.5) is 4.39 Å². The van der Waals surface area contributed by atoms with Crippen molar-refractivity contribution in [3.8, 4) is 0 Å². The van der Waals surface area contributed by atoms with Crippen molar-refractivity contribution in [3.63, 3.8) is 0 Å². The van der Waals surface area contributed by atoms with E-state index >= 15 is 0 Å². The average Bonchev–Trinajstić information content (AvgIpc) is 2.94. The Morgan fingerprint density at radius 1 is 1.33 bits per heavy atom. The molecule has 0 saturated carbocycles. The lowest BCUT2D eigenvalue weighted by Crippen LogP contribution is -2.42. The zero-order chi connectivity index (χ0) is 15.4. The van der Waals surface area contributed by atoms with E-state index in [1.54, 1.807) is 0 Å². The molecule has 0 amide bonds. The van der Waals surface area contributed by atoms with Gasteiger partial charge in [0.2, 0.25) is 10.0 Å². The molecule has 116 valence electrons. The van der Waals surface area contributed by atoms with E-state index in [-0.39, 0.29) is 22.0 Å². The molecule has 2 saturated heterocycles. The molecule has 2 heterocycles. The van der Waals surface area contributed by atoms with Crippen molar-refractivity contribution in [1.82, 2.24) is 9.62 Å². The quantitative estimate of drug-likeness (QED) is 0.832. The second kappa shape index (κ2) is 5.35. The van der Waals surface area contributed by atoms with Crippen LogP contribution in [0.15, 0.2) is 17.0 Å². The number of hydrogen-bond acceptors (Lipinski definition) is 3. The van der Waals surface area contributed by atoms with Crippen LogP contribution in [0.1, 0.15) is 13.3 Å². The zero-order valence-electron chi connectivity index (χ0n) is 11.3. The molecule has 21 heavy (non-hydrogen) atoms. The number of hydrogen-bond donors (Lipinski definition) is 1. The highest BCUT2D eigenvalue weighted by molar-refractivity contribution is 7.89. The highest BCUT2D eigenvalue weighted by Gasteiger charge is 2.48. The molecular formula is C13H15Cl2FN2O2S. The topological polar surface area (TPSA) is 49.4 Å². The number of benzene rings is 1. The smallest absolute Gasteiger partial charge is 0.245 e. The molecule has 0 spiro atoms. The SMILES string of the molecule is CC1CC2CNCC2N1S(=O)(=O)c1ccc(Cl)c(F)c1Cl. The summed E-state index contributed by atoms with van der Waals surface area (Å²) in [6.07, 6.45) is 0.796. The Balaban J connectivity index is 2.07. The van der Waals surface area contributed by atoms with E-state index < -0.39 is 20.9 Å². The van der Waals surface area contributed by atoms with Gasteiger partial charge in [-0.1, -0.05) is 23.2 Å². The summed E-state index contributed by atoms with van der Waals surface area (Å²) in [6, 6.07) is 2.27. The highest BCUT2D eigenvalue weighted by atomic mass is 35.5. The minimum atomic E-state index is -3.85. The predicted molar refractivity (Wildman–Crippen MR) is 79.7 cm³/mol. The van der Waals surface area contributed by atoms with E-state index in [0.29, 0.717) is 12.5 Å². The molecule has 1 aromatic carbocycles. The van der Waals surface area contributed by atoms with Crippen molar-refractivity contribution in [3.05, 3.63) is 28.0 Å². The summed E-state index contributed by atoms with van der Waals surface area (Å²) < 4.78 is 41.0. The van der Waals surface area contributed by atoms with Gasteiger partial charge in [0.25, 0.3) is 0 Å². The molecule has 3 unspecified atom stereocenters. The van der Waals surface area contributed by atoms with Crippen molar-refractivity contribution in [2.45, 2.75) is 30.3 Å². The van der Waals surface area contributed by atoms with Crippen LogP contribution in [0, 0.1) is 11.7 Å². The van der Waals surface area contributed by atoms with Gasteiger partial charge in [-0.3, -0.25) is 0 Å². The van der Waals surface area contributed by atoms with Gasteiger partial charge in [-0.2, -0.15) is 4.31 Å². The lowest BCUT2D eigenvalue weighted by molar-refractivity contribution is 0.335. The first-order valence-corrected chi connectivity index (χ1v) is 8.91. The first-order valence-electron chi connectivity index (χ1n) is 6.71. The fraction of sp³-hybridized carbons (Fsp3) is 0.538. The van der Waals surface area contributed by atoms with Gasteiger partial charge in [0, 0.05) is 18.6 Å². The Hall–Kier alpha value is -0.400. The van der Waals surface area contributed by atoms with Crippen molar-refractivity contribution < 1.29 is 12.8 Å². The van der Waals surface area contributed by atoms with Gasteiger partial charge >= 0.3 is 0 Å². The van der Waals surface area contributed by atoms with Gasteiger partial charge in [-0.25, -0.2) is 12.8 Å². The second-order valence-corrected chi connectivity index (χ2v) is 8.18. The summed E-state index contributed by atoms with van der Waals surface area (Å²) >= 11 is 11.5. The van der Waals surface area contributed by atoms with E-state index in [1.165, 1.54) is 16.4 Å². The summed E-state index contributed by atoms with van der Waals surface area (Å²) in [5.41, 5.74) is 0. The van der Waals surface area contributed by atoms with E-state index in [4.69, 9.17) is 23.2 Å². The lowest BCUT2D eigenvalue weighted by atomic mass is 10.0. The maximum Gasteiger partial charge on any atom is 0.245 e. The van der Waals surface area contributed by atoms with Crippen molar-refractivity contribution in [2.24, 2.45) is 5.92 Å². The van der Waals surface area contributed by atoms with Crippen molar-refractivity contribution in [2.75, 3.05) is 13.1 Å². The number of rotatable bonds is 2. The third-order valence-electron chi connectivity index (χ3n) is 4.26. The van der Waals surface area contributed by atoms with Gasteiger partial charge in [0.15, 0.2) is 5.82 Å². The molecule has 3 rings (SSSR count). The Morgan fingerprint density at radius 2 is 2.05 bits per heavy atom. The Morgan fingerprint density at radius 3 is 2.76 bits per heavy atom. The third kappa shape index (κ3) is 2.37. The monoisotopic (exact) mass is 352 g/mol. The van der Waals surface area contributed by atoms with Crippen LogP contribution in [0.2, 0.25) is 10.0 Å². The number of halogens is 3. The molecule has 4 nitrogen and oxygen atoms in total. The summed E-state index contributed by atoms with van der Waals surface area (Å²) in [5.74, 6) is -0.599. The molecule has 8 heteroatoms. The Labute approximate surface area is 133 Å². The largest absolute Gasteiger partial charge is 0.315 e. The highest BCUT2D eigenvalue weighted by Crippen LogP contribution is 2.39. The van der Waals surface area contributed by atoms with Gasteiger partial charge < -0.3 is 5.32 Å². The minimum Gasteiger partial charge on any atom is -0.315 e. The van der Waals surface area contributed by atoms with Crippen LogP contribution in [0.5, 0.6) is 0 Å². The lowest BCUT2D eigenvalue weighted by Gasteiger charge is -2.27. The van der Waals surface area contributed by atoms with Crippen LogP contribution < -0.4 is 5.32 Å². The summed E-state index contributed by atoms with van der Waals surface area (Å²) in [5, 5.41) is 2.57. The van der Waals surface area contributed by atoms with Crippen LogP contribution in [-0.4, -0.2) is 37.9 Å². The fourth-order valence-corrected chi connectivity index (χ4v) is 5.97. The number of nitrogens with one attached hydrogen (secondary N) is 1. The van der Waals surface area contributed by atoms with E-state index in [1.807, 2.05) is 6.92 Å². The summed E-state index contributed by atoms with van der Waals surface area (Å²) in [7, 11) is -3.85. The normalized spacial score (nSPS) is 29.8. The number of fused-ring (bicyclic) bond motifs is 1. The van der Waals surface area contributed by atoms with E-state index in [9.17, 15) is 12.8 Å². The number of nitrogens with zero attached hydrogens (tertiary/aromatic N) is 1. The molecule has 2 aliphatic rings. The summed E-state index contributed by atoms with van der Waals surface area (Å²) in [4.78, 5) is -0.217. The maximum absolute atomic E-state index is 13.8. The number of sulfonamides is 1. The van der Waals surface area contributed by atoms with Gasteiger partial charge in [0.1, 0.15) is 4.90 Å². The summed E-state index contributed by atoms with van der Waals surface area (Å²) in [6.45, 7) is 3.29. The Bertz CT molecular complexity index is 683. The molecule has 0 aromatic heterocycles. The third-order valence-corrected chi connectivity index (χ3v) is 7.12. The molecule has 1 aromatic rings. The van der Waals surface area contributed by atoms with Crippen molar-refractivity contribution in [1.29, 1.82) is 0 Å². The molecule has 2 aliphatic heterocycles. The molecule has 3 atom stereocenters. The fourth-order valence-electron chi connectivity index (χ4n) is 3.36. The second-order valence-electron chi connectivity index (χ2n) is 5.58. The predicted octanol–water partition coefficient (Wildman–Crippen LogP) is 2.50. The molecule has 0 aliphatic carbocycles. The van der Waals surface area contributed by atoms with Crippen LogP contribution in [-0.2, 0) is 10.0 Å². The Kier molecular flexibility index (Phi) is 3.95.